The topological polar surface area (TPSA) is 60.2 Å². The van der Waals surface area contributed by atoms with Gasteiger partial charge in [0, 0.05) is 6.04 Å². The van der Waals surface area contributed by atoms with E-state index in [2.05, 4.69) is 34.5 Å². The zero-order valence-electron chi connectivity index (χ0n) is 11.6. The highest BCUT2D eigenvalue weighted by atomic mass is 16.5. The molecule has 5 nitrogen and oxygen atoms in total. The van der Waals surface area contributed by atoms with Gasteiger partial charge in [0.05, 0.1) is 0 Å². The fraction of sp³-hybridized carbons (Fsp3) is 0.467. The van der Waals surface area contributed by atoms with Crippen LogP contribution in [0.5, 0.6) is 5.75 Å². The molecule has 1 aromatic heterocycles. The van der Waals surface area contributed by atoms with Gasteiger partial charge in [0.1, 0.15) is 5.75 Å². The first-order chi connectivity index (χ1) is 9.88. The Bertz CT molecular complexity index is 554. The lowest BCUT2D eigenvalue weighted by atomic mass is 10.1. The molecule has 1 aliphatic carbocycles. The molecule has 2 aromatic rings. The largest absolute Gasteiger partial charge is 0.485 e. The molecule has 0 spiro atoms. The van der Waals surface area contributed by atoms with Crippen LogP contribution >= 0.6 is 0 Å². The first-order valence-electron chi connectivity index (χ1n) is 7.11. The molecule has 1 aromatic carbocycles. The number of aromatic nitrogens is 2. The summed E-state index contributed by atoms with van der Waals surface area (Å²) in [5.41, 5.74) is 2.67. The molecule has 20 heavy (non-hydrogen) atoms. The first kappa shape index (κ1) is 13.1. The number of ether oxygens (including phenoxy) is 1. The van der Waals surface area contributed by atoms with Crippen molar-refractivity contribution in [1.82, 2.24) is 15.5 Å². The maximum absolute atomic E-state index is 5.83. The molecule has 0 saturated heterocycles. The summed E-state index contributed by atoms with van der Waals surface area (Å²) in [6, 6.07) is 6.72. The Hall–Kier alpha value is -1.88. The van der Waals surface area contributed by atoms with E-state index in [1.807, 2.05) is 6.07 Å². The number of hydrogen-bond acceptors (Lipinski definition) is 5. The Morgan fingerprint density at radius 1 is 1.45 bits per heavy atom. The van der Waals surface area contributed by atoms with Gasteiger partial charge in [0.2, 0.25) is 12.2 Å². The van der Waals surface area contributed by atoms with Crippen molar-refractivity contribution < 1.29 is 9.26 Å². The molecule has 0 aliphatic heterocycles. The fourth-order valence-electron chi connectivity index (χ4n) is 2.68. The van der Waals surface area contributed by atoms with Crippen LogP contribution in [0.15, 0.2) is 29.1 Å². The second kappa shape index (κ2) is 6.05. The second-order valence-electron chi connectivity index (χ2n) is 5.01. The molecule has 1 N–H and O–H groups in total. The molecular weight excluding hydrogens is 254 g/mol. The van der Waals surface area contributed by atoms with E-state index in [1.54, 1.807) is 0 Å². The maximum atomic E-state index is 5.83. The van der Waals surface area contributed by atoms with Crippen molar-refractivity contribution in [2.45, 2.75) is 38.8 Å². The molecule has 1 unspecified atom stereocenters. The van der Waals surface area contributed by atoms with Crippen LogP contribution in [0.4, 0.5) is 0 Å². The highest BCUT2D eigenvalue weighted by Gasteiger charge is 2.24. The molecule has 0 fully saturated rings. The third-order valence-electron chi connectivity index (χ3n) is 3.63. The summed E-state index contributed by atoms with van der Waals surface area (Å²) in [6.07, 6.45) is 4.66. The number of nitrogens with zero attached hydrogens (tertiary/aromatic N) is 2. The van der Waals surface area contributed by atoms with E-state index in [-0.39, 0.29) is 0 Å². The molecule has 1 heterocycles. The van der Waals surface area contributed by atoms with Gasteiger partial charge in [0.25, 0.3) is 0 Å². The Morgan fingerprint density at radius 2 is 2.40 bits per heavy atom. The summed E-state index contributed by atoms with van der Waals surface area (Å²) >= 11 is 0. The van der Waals surface area contributed by atoms with Crippen LogP contribution in [0.2, 0.25) is 0 Å². The predicted molar refractivity (Wildman–Crippen MR) is 74.4 cm³/mol. The molecule has 5 heteroatoms. The van der Waals surface area contributed by atoms with Gasteiger partial charge in [-0.05, 0) is 43.0 Å². The second-order valence-corrected chi connectivity index (χ2v) is 5.01. The van der Waals surface area contributed by atoms with Gasteiger partial charge in [-0.1, -0.05) is 24.2 Å². The smallest absolute Gasteiger partial charge is 0.213 e. The standard InChI is InChI=1S/C15H19N3O2/c1-2-8-16-13-7-6-12-11(13)4-3-5-14(12)19-9-15-17-10-20-18-15/h3-5,10,13,16H,2,6-9H2,1H3. The predicted octanol–water partition coefficient (Wildman–Crippen LogP) is 2.64. The minimum Gasteiger partial charge on any atom is -0.485 e. The van der Waals surface area contributed by atoms with E-state index in [1.165, 1.54) is 17.5 Å². The van der Waals surface area contributed by atoms with Gasteiger partial charge in [-0.25, -0.2) is 0 Å². The van der Waals surface area contributed by atoms with Crippen molar-refractivity contribution in [1.29, 1.82) is 0 Å². The number of benzene rings is 1. The van der Waals surface area contributed by atoms with Crippen LogP contribution in [-0.2, 0) is 13.0 Å². The minimum absolute atomic E-state index is 0.347. The molecule has 3 rings (SSSR count). The molecular formula is C15H19N3O2. The van der Waals surface area contributed by atoms with E-state index in [0.29, 0.717) is 18.5 Å². The molecule has 0 saturated carbocycles. The van der Waals surface area contributed by atoms with Crippen LogP contribution in [-0.4, -0.2) is 16.7 Å². The molecule has 1 aliphatic rings. The molecule has 0 radical (unpaired) electrons. The average molecular weight is 273 g/mol. The molecule has 0 bridgehead atoms. The fourth-order valence-corrected chi connectivity index (χ4v) is 2.68. The normalized spacial score (nSPS) is 17.1. The van der Waals surface area contributed by atoms with Crippen molar-refractivity contribution in [2.75, 3.05) is 6.54 Å². The highest BCUT2D eigenvalue weighted by Crippen LogP contribution is 2.37. The molecule has 106 valence electrons. The summed E-state index contributed by atoms with van der Waals surface area (Å²) in [6.45, 7) is 3.59. The van der Waals surface area contributed by atoms with Crippen molar-refractivity contribution in [3.8, 4) is 5.75 Å². The third-order valence-corrected chi connectivity index (χ3v) is 3.63. The van der Waals surface area contributed by atoms with Crippen molar-refractivity contribution in [2.24, 2.45) is 0 Å². The van der Waals surface area contributed by atoms with Gasteiger partial charge in [-0.2, -0.15) is 4.98 Å². The summed E-state index contributed by atoms with van der Waals surface area (Å²) in [7, 11) is 0. The minimum atomic E-state index is 0.347. The van der Waals surface area contributed by atoms with Crippen LogP contribution in [0.1, 0.15) is 42.8 Å². The van der Waals surface area contributed by atoms with Gasteiger partial charge >= 0.3 is 0 Å². The van der Waals surface area contributed by atoms with E-state index in [9.17, 15) is 0 Å². The summed E-state index contributed by atoms with van der Waals surface area (Å²) in [4.78, 5) is 3.97. The Morgan fingerprint density at radius 3 is 3.20 bits per heavy atom. The maximum Gasteiger partial charge on any atom is 0.213 e. The Balaban J connectivity index is 1.72. The zero-order valence-corrected chi connectivity index (χ0v) is 11.6. The van der Waals surface area contributed by atoms with E-state index in [0.717, 1.165) is 31.6 Å². The van der Waals surface area contributed by atoms with Gasteiger partial charge in [0.15, 0.2) is 6.61 Å². The van der Waals surface area contributed by atoms with Crippen molar-refractivity contribution in [3.05, 3.63) is 41.5 Å². The highest BCUT2D eigenvalue weighted by molar-refractivity contribution is 5.45. The van der Waals surface area contributed by atoms with Gasteiger partial charge in [-0.15, -0.1) is 0 Å². The van der Waals surface area contributed by atoms with Crippen molar-refractivity contribution in [3.63, 3.8) is 0 Å². The number of rotatable bonds is 6. The lowest BCUT2D eigenvalue weighted by Crippen LogP contribution is -2.19. The summed E-state index contributed by atoms with van der Waals surface area (Å²) in [5.74, 6) is 1.51. The van der Waals surface area contributed by atoms with E-state index in [4.69, 9.17) is 9.26 Å². The SMILES string of the molecule is CCCNC1CCc2c(OCc3ncon3)cccc21. The number of fused-ring (bicyclic) bond motifs is 1. The monoisotopic (exact) mass is 273 g/mol. The molecule has 0 amide bonds. The lowest BCUT2D eigenvalue weighted by molar-refractivity contribution is 0.284. The van der Waals surface area contributed by atoms with E-state index >= 15 is 0 Å². The quantitative estimate of drug-likeness (QED) is 0.876. The van der Waals surface area contributed by atoms with Crippen LogP contribution in [0.3, 0.4) is 0 Å². The van der Waals surface area contributed by atoms with Crippen LogP contribution in [0.25, 0.3) is 0 Å². The zero-order chi connectivity index (χ0) is 13.8. The molecule has 1 atom stereocenters. The average Bonchev–Trinajstić information content (AvgIpc) is 3.12. The Kier molecular flexibility index (Phi) is 3.97. The van der Waals surface area contributed by atoms with E-state index < -0.39 is 0 Å². The Labute approximate surface area is 118 Å². The van der Waals surface area contributed by atoms with Gasteiger partial charge in [-0.3, -0.25) is 0 Å². The van der Waals surface area contributed by atoms with Crippen LogP contribution < -0.4 is 10.1 Å². The summed E-state index contributed by atoms with van der Waals surface area (Å²) in [5, 5.41) is 7.35. The van der Waals surface area contributed by atoms with Gasteiger partial charge < -0.3 is 14.6 Å². The summed E-state index contributed by atoms with van der Waals surface area (Å²) < 4.78 is 10.5. The van der Waals surface area contributed by atoms with Crippen LogP contribution in [0, 0.1) is 0 Å². The third kappa shape index (κ3) is 2.67. The number of hydrogen-bond donors (Lipinski definition) is 1. The number of nitrogens with one attached hydrogen (secondary N) is 1. The van der Waals surface area contributed by atoms with Crippen molar-refractivity contribution >= 4 is 0 Å². The lowest BCUT2D eigenvalue weighted by Gasteiger charge is -2.14. The first-order valence-corrected chi connectivity index (χ1v) is 7.11.